The Morgan fingerprint density at radius 2 is 2.10 bits per heavy atom. The lowest BCUT2D eigenvalue weighted by Crippen LogP contribution is -2.34. The van der Waals surface area contributed by atoms with Crippen molar-refractivity contribution < 1.29 is 9.21 Å². The second kappa shape index (κ2) is 6.99. The number of likely N-dealkylation sites (N-methyl/N-ethyl adjacent to an activating group) is 1. The van der Waals surface area contributed by atoms with Gasteiger partial charge in [0.25, 0.3) is 5.91 Å². The third-order valence-corrected chi connectivity index (χ3v) is 3.23. The number of amides is 1. The number of rotatable bonds is 6. The summed E-state index contributed by atoms with van der Waals surface area (Å²) in [6.07, 6.45) is 5.49. The number of aryl methyl sites for hydroxylation is 1. The maximum absolute atomic E-state index is 12.1. The summed E-state index contributed by atoms with van der Waals surface area (Å²) in [5, 5.41) is 2.89. The van der Waals surface area contributed by atoms with Gasteiger partial charge in [-0.3, -0.25) is 9.69 Å². The maximum Gasteiger partial charge on any atom is 0.254 e. The Balaban J connectivity index is 1.98. The van der Waals surface area contributed by atoms with E-state index in [0.29, 0.717) is 12.1 Å². The van der Waals surface area contributed by atoms with Crippen molar-refractivity contribution in [1.29, 1.82) is 0 Å². The van der Waals surface area contributed by atoms with Gasteiger partial charge < -0.3 is 9.73 Å². The number of nitrogens with one attached hydrogen (secondary N) is 1. The zero-order valence-electron chi connectivity index (χ0n) is 12.5. The Morgan fingerprint density at radius 3 is 2.62 bits per heavy atom. The van der Waals surface area contributed by atoms with Crippen LogP contribution >= 0.6 is 0 Å². The fourth-order valence-electron chi connectivity index (χ4n) is 1.96. The molecule has 6 heteroatoms. The van der Waals surface area contributed by atoms with Crippen LogP contribution in [-0.2, 0) is 6.42 Å². The third kappa shape index (κ3) is 3.88. The number of carbonyl (C=O) groups excluding carboxylic acids is 1. The lowest BCUT2D eigenvalue weighted by atomic mass is 10.2. The van der Waals surface area contributed by atoms with Gasteiger partial charge in [-0.25, -0.2) is 9.97 Å². The molecule has 0 spiro atoms. The van der Waals surface area contributed by atoms with Gasteiger partial charge in [-0.2, -0.15) is 0 Å². The summed E-state index contributed by atoms with van der Waals surface area (Å²) < 4.78 is 5.41. The van der Waals surface area contributed by atoms with Crippen LogP contribution in [0.15, 0.2) is 35.2 Å². The second-order valence-electron chi connectivity index (χ2n) is 4.95. The summed E-state index contributed by atoms with van der Waals surface area (Å²) in [5.41, 5.74) is 0.462. The summed E-state index contributed by atoms with van der Waals surface area (Å²) in [5.74, 6) is 1.36. The summed E-state index contributed by atoms with van der Waals surface area (Å²) in [7, 11) is 3.89. The molecule has 0 unspecified atom stereocenters. The van der Waals surface area contributed by atoms with Crippen LogP contribution in [0.1, 0.15) is 34.9 Å². The molecule has 2 aromatic rings. The molecule has 1 N–H and O–H groups in total. The van der Waals surface area contributed by atoms with Gasteiger partial charge in [-0.15, -0.1) is 0 Å². The van der Waals surface area contributed by atoms with Crippen LogP contribution in [0.5, 0.6) is 0 Å². The van der Waals surface area contributed by atoms with E-state index in [1.165, 1.54) is 0 Å². The van der Waals surface area contributed by atoms with Crippen molar-refractivity contribution in [2.75, 3.05) is 20.6 Å². The molecule has 2 heterocycles. The van der Waals surface area contributed by atoms with Gasteiger partial charge in [-0.1, -0.05) is 6.92 Å². The zero-order valence-corrected chi connectivity index (χ0v) is 12.5. The summed E-state index contributed by atoms with van der Waals surface area (Å²) in [4.78, 5) is 22.4. The standard InChI is InChI=1S/C15H20N4O2/c1-4-14-16-8-11(9-17-14)15(20)18-10-12(19(2)3)13-6-5-7-21-13/h5-9,12H,4,10H2,1-3H3,(H,18,20)/t12-/m0/s1. The van der Waals surface area contributed by atoms with Crippen molar-refractivity contribution in [3.8, 4) is 0 Å². The van der Waals surface area contributed by atoms with E-state index in [9.17, 15) is 4.79 Å². The predicted octanol–water partition coefficient (Wildman–Crippen LogP) is 1.66. The summed E-state index contributed by atoms with van der Waals surface area (Å²) in [6.45, 7) is 2.43. The normalized spacial score (nSPS) is 12.4. The van der Waals surface area contributed by atoms with Gasteiger partial charge in [0, 0.05) is 25.4 Å². The molecule has 0 radical (unpaired) electrons. The molecule has 0 bridgehead atoms. The van der Waals surface area contributed by atoms with E-state index in [-0.39, 0.29) is 11.9 Å². The second-order valence-corrected chi connectivity index (χ2v) is 4.95. The average Bonchev–Trinajstić information content (AvgIpc) is 3.01. The molecule has 0 aliphatic heterocycles. The SMILES string of the molecule is CCc1ncc(C(=O)NC[C@@H](c2ccco2)N(C)C)cn1. The van der Waals surface area contributed by atoms with Gasteiger partial charge >= 0.3 is 0 Å². The predicted molar refractivity (Wildman–Crippen MR) is 78.9 cm³/mol. The molecule has 0 saturated heterocycles. The first-order valence-corrected chi connectivity index (χ1v) is 6.90. The molecule has 0 aliphatic rings. The highest BCUT2D eigenvalue weighted by atomic mass is 16.3. The molecular formula is C15H20N4O2. The van der Waals surface area contributed by atoms with Gasteiger partial charge in [0.05, 0.1) is 17.9 Å². The lowest BCUT2D eigenvalue weighted by Gasteiger charge is -2.22. The van der Waals surface area contributed by atoms with E-state index in [2.05, 4.69) is 15.3 Å². The molecule has 21 heavy (non-hydrogen) atoms. The van der Waals surface area contributed by atoms with E-state index in [1.807, 2.05) is 38.1 Å². The van der Waals surface area contributed by atoms with Crippen molar-refractivity contribution in [3.63, 3.8) is 0 Å². The minimum atomic E-state index is -0.184. The molecular weight excluding hydrogens is 268 g/mol. The summed E-state index contributed by atoms with van der Waals surface area (Å²) in [6, 6.07) is 3.72. The van der Waals surface area contributed by atoms with Gasteiger partial charge in [-0.05, 0) is 26.2 Å². The van der Waals surface area contributed by atoms with Gasteiger partial charge in [0.1, 0.15) is 11.6 Å². The Labute approximate surface area is 124 Å². The molecule has 2 aromatic heterocycles. The van der Waals surface area contributed by atoms with Crippen molar-refractivity contribution in [1.82, 2.24) is 20.2 Å². The van der Waals surface area contributed by atoms with E-state index >= 15 is 0 Å². The number of hydrogen-bond acceptors (Lipinski definition) is 5. The molecule has 1 amide bonds. The lowest BCUT2D eigenvalue weighted by molar-refractivity contribution is 0.0938. The van der Waals surface area contributed by atoms with Gasteiger partial charge in [0.2, 0.25) is 0 Å². The molecule has 6 nitrogen and oxygen atoms in total. The van der Waals surface area contributed by atoms with Crippen molar-refractivity contribution in [2.45, 2.75) is 19.4 Å². The Bertz CT molecular complexity index is 564. The van der Waals surface area contributed by atoms with Crippen molar-refractivity contribution >= 4 is 5.91 Å². The van der Waals surface area contributed by atoms with Crippen LogP contribution in [-0.4, -0.2) is 41.4 Å². The van der Waals surface area contributed by atoms with Crippen LogP contribution in [0.25, 0.3) is 0 Å². The molecule has 0 fully saturated rings. The van der Waals surface area contributed by atoms with Crippen LogP contribution in [0.3, 0.4) is 0 Å². The molecule has 0 aromatic carbocycles. The highest BCUT2D eigenvalue weighted by Gasteiger charge is 2.18. The fourth-order valence-corrected chi connectivity index (χ4v) is 1.96. The first kappa shape index (κ1) is 15.2. The Hall–Kier alpha value is -2.21. The minimum Gasteiger partial charge on any atom is -0.468 e. The number of furan rings is 1. The van der Waals surface area contributed by atoms with Crippen molar-refractivity contribution in [2.24, 2.45) is 0 Å². The molecule has 1 atom stereocenters. The van der Waals surface area contributed by atoms with Crippen LogP contribution in [0, 0.1) is 0 Å². The Morgan fingerprint density at radius 1 is 1.38 bits per heavy atom. The van der Waals surface area contributed by atoms with Crippen molar-refractivity contribution in [3.05, 3.63) is 47.9 Å². The van der Waals surface area contributed by atoms with E-state index in [4.69, 9.17) is 4.42 Å². The van der Waals surface area contributed by atoms with E-state index < -0.39 is 0 Å². The average molecular weight is 288 g/mol. The first-order valence-electron chi connectivity index (χ1n) is 6.90. The molecule has 112 valence electrons. The maximum atomic E-state index is 12.1. The fraction of sp³-hybridized carbons (Fsp3) is 0.400. The van der Waals surface area contributed by atoms with Gasteiger partial charge in [0.15, 0.2) is 0 Å². The third-order valence-electron chi connectivity index (χ3n) is 3.23. The monoisotopic (exact) mass is 288 g/mol. The molecule has 0 aliphatic carbocycles. The first-order chi connectivity index (χ1) is 10.1. The minimum absolute atomic E-state index is 0.0141. The highest BCUT2D eigenvalue weighted by molar-refractivity contribution is 5.93. The number of hydrogen-bond donors (Lipinski definition) is 1. The topological polar surface area (TPSA) is 71.3 Å². The quantitative estimate of drug-likeness (QED) is 0.875. The molecule has 0 saturated carbocycles. The van der Waals surface area contributed by atoms with E-state index in [0.717, 1.165) is 18.0 Å². The Kier molecular flexibility index (Phi) is 5.05. The smallest absolute Gasteiger partial charge is 0.254 e. The number of carbonyl (C=O) groups is 1. The summed E-state index contributed by atoms with van der Waals surface area (Å²) >= 11 is 0. The van der Waals surface area contributed by atoms with Crippen LogP contribution in [0.4, 0.5) is 0 Å². The largest absolute Gasteiger partial charge is 0.468 e. The van der Waals surface area contributed by atoms with E-state index in [1.54, 1.807) is 18.7 Å². The highest BCUT2D eigenvalue weighted by Crippen LogP contribution is 2.17. The number of aromatic nitrogens is 2. The molecule has 2 rings (SSSR count). The zero-order chi connectivity index (χ0) is 15.2. The van der Waals surface area contributed by atoms with Crippen LogP contribution < -0.4 is 5.32 Å². The number of nitrogens with zero attached hydrogens (tertiary/aromatic N) is 3. The van der Waals surface area contributed by atoms with Crippen LogP contribution in [0.2, 0.25) is 0 Å².